The molecule has 110 valence electrons. The van der Waals surface area contributed by atoms with Gasteiger partial charge in [0.2, 0.25) is 5.82 Å². The number of aryl methyl sites for hydroxylation is 1. The average Bonchev–Trinajstić information content (AvgIpc) is 2.36. The lowest BCUT2D eigenvalue weighted by Gasteiger charge is -2.39. The van der Waals surface area contributed by atoms with E-state index in [9.17, 15) is 10.1 Å². The quantitative estimate of drug-likeness (QED) is 0.653. The zero-order valence-electron chi connectivity index (χ0n) is 12.3. The smallest absolute Gasteiger partial charge is 0.314 e. The lowest BCUT2D eigenvalue weighted by molar-refractivity contribution is -0.384. The molecule has 1 atom stereocenters. The minimum atomic E-state index is -0.371. The number of hydrogen-bond acceptors (Lipinski definition) is 5. The number of anilines is 1. The van der Waals surface area contributed by atoms with Gasteiger partial charge in [-0.05, 0) is 37.8 Å². The summed E-state index contributed by atoms with van der Waals surface area (Å²) in [5.41, 5.74) is 0.883. The monoisotopic (exact) mass is 278 g/mol. The molecule has 1 saturated heterocycles. The third-order valence-electron chi connectivity index (χ3n) is 4.11. The van der Waals surface area contributed by atoms with Crippen LogP contribution in [0.2, 0.25) is 0 Å². The molecule has 1 aromatic rings. The predicted molar refractivity (Wildman–Crippen MR) is 78.9 cm³/mol. The average molecular weight is 278 g/mol. The molecule has 0 saturated carbocycles. The molecule has 0 amide bonds. The van der Waals surface area contributed by atoms with E-state index >= 15 is 0 Å². The van der Waals surface area contributed by atoms with E-state index in [1.54, 1.807) is 19.2 Å². The number of hydrogen-bond donors (Lipinski definition) is 2. The number of aromatic nitrogens is 1. The van der Waals surface area contributed by atoms with Crippen LogP contribution in [0.1, 0.15) is 32.3 Å². The Morgan fingerprint density at radius 2 is 2.35 bits per heavy atom. The Balaban J connectivity index is 2.11. The number of rotatable bonds is 4. The summed E-state index contributed by atoms with van der Waals surface area (Å²) in [6.45, 7) is 7.82. The minimum absolute atomic E-state index is 0.0705. The van der Waals surface area contributed by atoms with Crippen molar-refractivity contribution in [1.82, 2.24) is 10.3 Å². The van der Waals surface area contributed by atoms with Crippen molar-refractivity contribution in [2.24, 2.45) is 5.41 Å². The fraction of sp³-hybridized carbons (Fsp3) is 0.643. The zero-order chi connectivity index (χ0) is 14.8. The minimum Gasteiger partial charge on any atom is -0.363 e. The van der Waals surface area contributed by atoms with E-state index in [4.69, 9.17) is 0 Å². The van der Waals surface area contributed by atoms with Gasteiger partial charge in [0.1, 0.15) is 0 Å². The molecule has 6 nitrogen and oxygen atoms in total. The second kappa shape index (κ2) is 5.75. The highest BCUT2D eigenvalue weighted by Crippen LogP contribution is 2.31. The van der Waals surface area contributed by atoms with Gasteiger partial charge in [-0.3, -0.25) is 10.1 Å². The first-order valence-electron chi connectivity index (χ1n) is 6.99. The third-order valence-corrected chi connectivity index (χ3v) is 4.11. The van der Waals surface area contributed by atoms with E-state index in [0.717, 1.165) is 13.0 Å². The van der Waals surface area contributed by atoms with Gasteiger partial charge in [0.25, 0.3) is 0 Å². The summed E-state index contributed by atoms with van der Waals surface area (Å²) in [5.74, 6) is 0.359. The lowest BCUT2D eigenvalue weighted by Crippen LogP contribution is -2.50. The summed E-state index contributed by atoms with van der Waals surface area (Å²) in [6.07, 6.45) is 3.94. The van der Waals surface area contributed by atoms with Gasteiger partial charge in [-0.25, -0.2) is 4.98 Å². The van der Waals surface area contributed by atoms with E-state index in [1.807, 2.05) is 0 Å². The van der Waals surface area contributed by atoms with Crippen molar-refractivity contribution >= 4 is 11.5 Å². The molecule has 0 radical (unpaired) electrons. The maximum absolute atomic E-state index is 11.1. The van der Waals surface area contributed by atoms with Gasteiger partial charge in [-0.2, -0.15) is 0 Å². The van der Waals surface area contributed by atoms with Crippen molar-refractivity contribution in [1.29, 1.82) is 0 Å². The largest absolute Gasteiger partial charge is 0.363 e. The van der Waals surface area contributed by atoms with Gasteiger partial charge in [-0.1, -0.05) is 13.8 Å². The summed E-state index contributed by atoms with van der Waals surface area (Å²) < 4.78 is 0. The Labute approximate surface area is 119 Å². The number of nitro groups is 1. The molecular weight excluding hydrogens is 256 g/mol. The van der Waals surface area contributed by atoms with Crippen molar-refractivity contribution in [3.8, 4) is 0 Å². The van der Waals surface area contributed by atoms with Crippen LogP contribution >= 0.6 is 0 Å². The second-order valence-electron chi connectivity index (χ2n) is 6.06. The molecule has 6 heteroatoms. The van der Waals surface area contributed by atoms with Crippen LogP contribution < -0.4 is 10.6 Å². The summed E-state index contributed by atoms with van der Waals surface area (Å²) in [6, 6.07) is 1.95. The summed E-state index contributed by atoms with van der Waals surface area (Å²) in [5, 5.41) is 17.8. The van der Waals surface area contributed by atoms with Crippen molar-refractivity contribution in [2.45, 2.75) is 39.7 Å². The Morgan fingerprint density at radius 3 is 3.00 bits per heavy atom. The van der Waals surface area contributed by atoms with Crippen LogP contribution in [0.25, 0.3) is 0 Å². The molecular formula is C14H22N4O2. The number of nitrogens with zero attached hydrogens (tertiary/aromatic N) is 2. The van der Waals surface area contributed by atoms with Crippen LogP contribution in [0.5, 0.6) is 0 Å². The van der Waals surface area contributed by atoms with Gasteiger partial charge >= 0.3 is 5.69 Å². The van der Waals surface area contributed by atoms with Gasteiger partial charge in [-0.15, -0.1) is 0 Å². The first-order chi connectivity index (χ1) is 9.42. The van der Waals surface area contributed by atoms with Crippen LogP contribution in [0.4, 0.5) is 11.5 Å². The van der Waals surface area contributed by atoms with Crippen molar-refractivity contribution in [3.05, 3.63) is 27.9 Å². The first kappa shape index (κ1) is 14.7. The first-order valence-corrected chi connectivity index (χ1v) is 6.99. The third kappa shape index (κ3) is 3.07. The van der Waals surface area contributed by atoms with Crippen molar-refractivity contribution < 1.29 is 4.92 Å². The maximum atomic E-state index is 11.1. The molecule has 0 spiro atoms. The molecule has 20 heavy (non-hydrogen) atoms. The van der Waals surface area contributed by atoms with Crippen molar-refractivity contribution in [3.63, 3.8) is 0 Å². The molecule has 2 heterocycles. The molecule has 0 aromatic carbocycles. The topological polar surface area (TPSA) is 80.1 Å². The highest BCUT2D eigenvalue weighted by molar-refractivity contribution is 5.59. The maximum Gasteiger partial charge on any atom is 0.314 e. The van der Waals surface area contributed by atoms with Crippen molar-refractivity contribution in [2.75, 3.05) is 18.4 Å². The molecule has 2 rings (SSSR count). The second-order valence-corrected chi connectivity index (χ2v) is 6.06. The van der Waals surface area contributed by atoms with E-state index < -0.39 is 0 Å². The van der Waals surface area contributed by atoms with Crippen LogP contribution in [0.15, 0.2) is 12.3 Å². The van der Waals surface area contributed by atoms with Gasteiger partial charge < -0.3 is 10.6 Å². The Kier molecular flexibility index (Phi) is 4.23. The number of nitrogens with one attached hydrogen (secondary N) is 2. The summed E-state index contributed by atoms with van der Waals surface area (Å²) in [7, 11) is 0. The predicted octanol–water partition coefficient (Wildman–Crippen LogP) is 2.49. The zero-order valence-corrected chi connectivity index (χ0v) is 12.3. The van der Waals surface area contributed by atoms with Crippen LogP contribution in [-0.4, -0.2) is 29.0 Å². The Morgan fingerprint density at radius 1 is 1.60 bits per heavy atom. The summed E-state index contributed by atoms with van der Waals surface area (Å²) >= 11 is 0. The van der Waals surface area contributed by atoms with E-state index in [1.165, 1.54) is 6.42 Å². The SMILES string of the molecule is Cc1ccnc(NCC2NCCCC2(C)C)c1[N+](=O)[O-]. The molecule has 1 fully saturated rings. The van der Waals surface area contributed by atoms with E-state index in [2.05, 4.69) is 29.5 Å². The van der Waals surface area contributed by atoms with Gasteiger partial charge in [0.15, 0.2) is 0 Å². The Hall–Kier alpha value is -1.69. The highest BCUT2D eigenvalue weighted by Gasteiger charge is 2.32. The number of piperidine rings is 1. The van der Waals surface area contributed by atoms with E-state index in [0.29, 0.717) is 17.9 Å². The highest BCUT2D eigenvalue weighted by atomic mass is 16.6. The molecule has 1 aromatic heterocycles. The number of pyridine rings is 1. The van der Waals surface area contributed by atoms with Crippen LogP contribution in [-0.2, 0) is 0 Å². The molecule has 1 aliphatic rings. The van der Waals surface area contributed by atoms with E-state index in [-0.39, 0.29) is 22.1 Å². The Bertz CT molecular complexity index is 502. The molecule has 1 unspecified atom stereocenters. The fourth-order valence-electron chi connectivity index (χ4n) is 2.73. The molecule has 0 bridgehead atoms. The lowest BCUT2D eigenvalue weighted by atomic mass is 9.77. The van der Waals surface area contributed by atoms with Gasteiger partial charge in [0.05, 0.1) is 4.92 Å². The molecule has 1 aliphatic heterocycles. The standard InChI is InChI=1S/C14H22N4O2/c1-10-5-8-16-13(12(10)18(19)20)17-9-11-14(2,3)6-4-7-15-11/h5,8,11,15H,4,6-7,9H2,1-3H3,(H,16,17). The fourth-order valence-corrected chi connectivity index (χ4v) is 2.73. The molecule has 2 N–H and O–H groups in total. The van der Waals surface area contributed by atoms with Crippen LogP contribution in [0, 0.1) is 22.5 Å². The summed E-state index contributed by atoms with van der Waals surface area (Å²) in [4.78, 5) is 14.9. The molecule has 0 aliphatic carbocycles. The van der Waals surface area contributed by atoms with Gasteiger partial charge in [0, 0.05) is 24.3 Å². The van der Waals surface area contributed by atoms with Crippen LogP contribution in [0.3, 0.4) is 0 Å². The normalized spacial score (nSPS) is 21.4.